The number of halogens is 1. The van der Waals surface area contributed by atoms with E-state index in [-0.39, 0.29) is 6.01 Å². The molecule has 1 heterocycles. The van der Waals surface area contributed by atoms with E-state index in [1.165, 1.54) is 14.2 Å². The van der Waals surface area contributed by atoms with Crippen molar-refractivity contribution in [3.63, 3.8) is 0 Å². The van der Waals surface area contributed by atoms with Crippen molar-refractivity contribution in [3.8, 4) is 23.5 Å². The second kappa shape index (κ2) is 5.75. The minimum atomic E-state index is 0.113. The highest BCUT2D eigenvalue weighted by Gasteiger charge is 2.10. The topological polar surface area (TPSA) is 79.5 Å². The van der Waals surface area contributed by atoms with Crippen LogP contribution in [0.15, 0.2) is 28.7 Å². The van der Waals surface area contributed by atoms with Crippen LogP contribution in [-0.4, -0.2) is 24.2 Å². The average Bonchev–Trinajstić information content (AvgIpc) is 2.43. The standard InChI is InChI=1S/C12H12BrN3O3/c1-17-9-6-10(18-2)16-12(15-9)19-8-5-3-4-7(14)11(8)13/h3-6H,14H2,1-2H3. The number of nitrogens with zero attached hydrogens (tertiary/aromatic N) is 2. The van der Waals surface area contributed by atoms with E-state index in [1.54, 1.807) is 24.3 Å². The van der Waals surface area contributed by atoms with Crippen LogP contribution >= 0.6 is 15.9 Å². The number of hydrogen-bond donors (Lipinski definition) is 1. The van der Waals surface area contributed by atoms with Gasteiger partial charge in [-0.2, -0.15) is 9.97 Å². The summed E-state index contributed by atoms with van der Waals surface area (Å²) in [5.41, 5.74) is 6.33. The summed E-state index contributed by atoms with van der Waals surface area (Å²) >= 11 is 3.34. The van der Waals surface area contributed by atoms with Gasteiger partial charge in [-0.25, -0.2) is 0 Å². The maximum atomic E-state index is 5.77. The van der Waals surface area contributed by atoms with Gasteiger partial charge in [-0.15, -0.1) is 0 Å². The van der Waals surface area contributed by atoms with Gasteiger partial charge in [0, 0.05) is 5.69 Å². The summed E-state index contributed by atoms with van der Waals surface area (Å²) in [6.45, 7) is 0. The summed E-state index contributed by atoms with van der Waals surface area (Å²) in [5.74, 6) is 1.21. The van der Waals surface area contributed by atoms with Crippen molar-refractivity contribution in [1.82, 2.24) is 9.97 Å². The third kappa shape index (κ3) is 3.05. The van der Waals surface area contributed by atoms with Gasteiger partial charge in [0.2, 0.25) is 11.8 Å². The molecule has 0 spiro atoms. The van der Waals surface area contributed by atoms with E-state index >= 15 is 0 Å². The monoisotopic (exact) mass is 325 g/mol. The molecule has 0 saturated carbocycles. The molecule has 0 aliphatic carbocycles. The summed E-state index contributed by atoms with van der Waals surface area (Å²) in [6, 6.07) is 6.94. The molecule has 7 heteroatoms. The van der Waals surface area contributed by atoms with Gasteiger partial charge in [-0.1, -0.05) is 6.07 Å². The highest BCUT2D eigenvalue weighted by molar-refractivity contribution is 9.10. The number of methoxy groups -OCH3 is 2. The van der Waals surface area contributed by atoms with Crippen molar-refractivity contribution in [2.24, 2.45) is 0 Å². The molecule has 1 aromatic carbocycles. The summed E-state index contributed by atoms with van der Waals surface area (Å²) in [4.78, 5) is 8.14. The smallest absolute Gasteiger partial charge is 0.328 e. The molecule has 0 saturated heterocycles. The van der Waals surface area contributed by atoms with Crippen molar-refractivity contribution in [3.05, 3.63) is 28.7 Å². The van der Waals surface area contributed by atoms with Crippen LogP contribution < -0.4 is 19.9 Å². The average molecular weight is 326 g/mol. The Kier molecular flexibility index (Phi) is 4.06. The van der Waals surface area contributed by atoms with E-state index < -0.39 is 0 Å². The van der Waals surface area contributed by atoms with E-state index in [2.05, 4.69) is 25.9 Å². The van der Waals surface area contributed by atoms with Gasteiger partial charge in [0.25, 0.3) is 0 Å². The fourth-order valence-corrected chi connectivity index (χ4v) is 1.69. The number of hydrogen-bond acceptors (Lipinski definition) is 6. The van der Waals surface area contributed by atoms with Gasteiger partial charge >= 0.3 is 6.01 Å². The van der Waals surface area contributed by atoms with E-state index in [1.807, 2.05) is 0 Å². The molecule has 19 heavy (non-hydrogen) atoms. The van der Waals surface area contributed by atoms with E-state index in [0.29, 0.717) is 27.7 Å². The lowest BCUT2D eigenvalue weighted by atomic mass is 10.3. The molecule has 1 aromatic heterocycles. The lowest BCUT2D eigenvalue weighted by Crippen LogP contribution is -1.98. The predicted octanol–water partition coefficient (Wildman–Crippen LogP) is 2.63. The number of nitrogen functional groups attached to an aromatic ring is 1. The summed E-state index contributed by atoms with van der Waals surface area (Å²) in [6.07, 6.45) is 0. The first kappa shape index (κ1) is 13.4. The van der Waals surface area contributed by atoms with Crippen LogP contribution in [0.3, 0.4) is 0 Å². The van der Waals surface area contributed by atoms with E-state index in [9.17, 15) is 0 Å². The molecular weight excluding hydrogens is 314 g/mol. The molecule has 0 amide bonds. The SMILES string of the molecule is COc1cc(OC)nc(Oc2cccc(N)c2Br)n1. The van der Waals surface area contributed by atoms with Gasteiger partial charge < -0.3 is 19.9 Å². The zero-order valence-electron chi connectivity index (χ0n) is 10.4. The molecule has 6 nitrogen and oxygen atoms in total. The molecule has 2 aromatic rings. The maximum absolute atomic E-state index is 5.77. The summed E-state index contributed by atoms with van der Waals surface area (Å²) < 4.78 is 16.3. The zero-order valence-corrected chi connectivity index (χ0v) is 12.0. The largest absolute Gasteiger partial charge is 0.481 e. The third-order valence-electron chi connectivity index (χ3n) is 2.27. The second-order valence-electron chi connectivity index (χ2n) is 3.50. The fraction of sp³-hybridized carbons (Fsp3) is 0.167. The van der Waals surface area contributed by atoms with E-state index in [4.69, 9.17) is 19.9 Å². The Morgan fingerprint density at radius 1 is 1.11 bits per heavy atom. The molecule has 100 valence electrons. The van der Waals surface area contributed by atoms with Crippen LogP contribution in [0.5, 0.6) is 23.5 Å². The van der Waals surface area contributed by atoms with Crippen molar-refractivity contribution in [2.75, 3.05) is 20.0 Å². The molecule has 0 fully saturated rings. The highest BCUT2D eigenvalue weighted by Crippen LogP contribution is 2.33. The highest BCUT2D eigenvalue weighted by atomic mass is 79.9. The van der Waals surface area contributed by atoms with Gasteiger partial charge in [-0.3, -0.25) is 0 Å². The molecule has 0 aliphatic heterocycles. The Hall–Kier alpha value is -2.02. The number of anilines is 1. The van der Waals surface area contributed by atoms with Crippen LogP contribution in [0.4, 0.5) is 5.69 Å². The van der Waals surface area contributed by atoms with Crippen molar-refractivity contribution < 1.29 is 14.2 Å². The Balaban J connectivity index is 2.34. The normalized spacial score (nSPS) is 10.1. The Morgan fingerprint density at radius 3 is 2.32 bits per heavy atom. The van der Waals surface area contributed by atoms with E-state index in [0.717, 1.165) is 0 Å². The van der Waals surface area contributed by atoms with Crippen molar-refractivity contribution in [1.29, 1.82) is 0 Å². The second-order valence-corrected chi connectivity index (χ2v) is 4.29. The third-order valence-corrected chi connectivity index (χ3v) is 3.12. The Morgan fingerprint density at radius 2 is 1.74 bits per heavy atom. The van der Waals surface area contributed by atoms with Crippen LogP contribution in [0.25, 0.3) is 0 Å². The minimum absolute atomic E-state index is 0.113. The lowest BCUT2D eigenvalue weighted by Gasteiger charge is -2.09. The van der Waals surface area contributed by atoms with Gasteiger partial charge in [0.1, 0.15) is 5.75 Å². The maximum Gasteiger partial charge on any atom is 0.328 e. The van der Waals surface area contributed by atoms with Gasteiger partial charge in [-0.05, 0) is 28.1 Å². The molecule has 0 atom stereocenters. The van der Waals surface area contributed by atoms with Crippen LogP contribution in [0.1, 0.15) is 0 Å². The number of rotatable bonds is 4. The summed E-state index contributed by atoms with van der Waals surface area (Å²) in [5, 5.41) is 0. The van der Waals surface area contributed by atoms with Crippen LogP contribution in [-0.2, 0) is 0 Å². The first-order chi connectivity index (χ1) is 9.13. The molecule has 0 bridgehead atoms. The summed E-state index contributed by atoms with van der Waals surface area (Å²) in [7, 11) is 3.00. The van der Waals surface area contributed by atoms with Crippen LogP contribution in [0.2, 0.25) is 0 Å². The number of benzene rings is 1. The van der Waals surface area contributed by atoms with Crippen molar-refractivity contribution >= 4 is 21.6 Å². The Labute approximate surface area is 118 Å². The molecule has 0 radical (unpaired) electrons. The number of ether oxygens (including phenoxy) is 3. The fourth-order valence-electron chi connectivity index (χ4n) is 1.34. The first-order valence-electron chi connectivity index (χ1n) is 5.33. The van der Waals surface area contributed by atoms with Crippen molar-refractivity contribution in [2.45, 2.75) is 0 Å². The number of nitrogens with two attached hydrogens (primary N) is 1. The molecule has 0 unspecified atom stereocenters. The van der Waals surface area contributed by atoms with Crippen LogP contribution in [0, 0.1) is 0 Å². The van der Waals surface area contributed by atoms with Gasteiger partial charge in [0.15, 0.2) is 0 Å². The van der Waals surface area contributed by atoms with Gasteiger partial charge in [0.05, 0.1) is 24.8 Å². The number of aromatic nitrogens is 2. The molecule has 0 aliphatic rings. The molecule has 2 N–H and O–H groups in total. The lowest BCUT2D eigenvalue weighted by molar-refractivity contribution is 0.347. The Bertz CT molecular complexity index is 570. The molecular formula is C12H12BrN3O3. The first-order valence-corrected chi connectivity index (χ1v) is 6.12. The molecule has 2 rings (SSSR count). The zero-order chi connectivity index (χ0) is 13.8. The predicted molar refractivity (Wildman–Crippen MR) is 73.8 cm³/mol. The quantitative estimate of drug-likeness (QED) is 0.870. The minimum Gasteiger partial charge on any atom is -0.481 e.